The van der Waals surface area contributed by atoms with Gasteiger partial charge in [0.05, 0.1) is 18.2 Å². The van der Waals surface area contributed by atoms with E-state index in [-0.39, 0.29) is 5.78 Å². The molecule has 2 aromatic rings. The molecule has 84 valence electrons. The Bertz CT molecular complexity index is 502. The molecule has 0 amide bonds. The number of carbonyl (C=O) groups excluding carboxylic acids is 1. The van der Waals surface area contributed by atoms with E-state index in [0.717, 1.165) is 12.4 Å². The zero-order valence-electron chi connectivity index (χ0n) is 8.81. The molecule has 0 aliphatic carbocycles. The summed E-state index contributed by atoms with van der Waals surface area (Å²) in [4.78, 5) is 16.1. The molecule has 2 aromatic heterocycles. The van der Waals surface area contributed by atoms with Crippen molar-refractivity contribution in [3.05, 3.63) is 40.8 Å². The van der Waals surface area contributed by atoms with Crippen molar-refractivity contribution in [2.24, 2.45) is 0 Å². The van der Waals surface area contributed by atoms with E-state index in [1.807, 2.05) is 17.7 Å². The molecule has 0 saturated heterocycles. The molecular formula is C11H11BrN2O2. The molecule has 0 spiro atoms. The summed E-state index contributed by atoms with van der Waals surface area (Å²) in [5.74, 6) is 0.780. The van der Waals surface area contributed by atoms with Crippen LogP contribution in [0.2, 0.25) is 0 Å². The van der Waals surface area contributed by atoms with Gasteiger partial charge in [0, 0.05) is 18.9 Å². The number of aromatic nitrogens is 2. The Kier molecular flexibility index (Phi) is 3.24. The summed E-state index contributed by atoms with van der Waals surface area (Å²) in [5.41, 5.74) is 0.561. The van der Waals surface area contributed by atoms with E-state index >= 15 is 0 Å². The van der Waals surface area contributed by atoms with Crippen molar-refractivity contribution in [1.29, 1.82) is 0 Å². The SMILES string of the molecule is CCn1ccnc1CC(=O)c1ccoc1Br. The summed E-state index contributed by atoms with van der Waals surface area (Å²) < 4.78 is 7.46. The fraction of sp³-hybridized carbons (Fsp3) is 0.273. The second kappa shape index (κ2) is 4.65. The topological polar surface area (TPSA) is 48.0 Å². The van der Waals surface area contributed by atoms with Crippen LogP contribution in [0.15, 0.2) is 33.8 Å². The molecule has 0 unspecified atom stereocenters. The lowest BCUT2D eigenvalue weighted by molar-refractivity contribution is 0.0988. The van der Waals surface area contributed by atoms with Crippen LogP contribution in [0.25, 0.3) is 0 Å². The van der Waals surface area contributed by atoms with Gasteiger partial charge >= 0.3 is 0 Å². The highest BCUT2D eigenvalue weighted by Gasteiger charge is 2.15. The van der Waals surface area contributed by atoms with E-state index in [9.17, 15) is 4.79 Å². The van der Waals surface area contributed by atoms with Gasteiger partial charge in [0.2, 0.25) is 0 Å². The van der Waals surface area contributed by atoms with Gasteiger partial charge in [-0.25, -0.2) is 4.98 Å². The van der Waals surface area contributed by atoms with E-state index in [1.165, 1.54) is 6.26 Å². The number of Topliss-reactive ketones (excluding diaryl/α,β-unsaturated/α-hetero) is 1. The van der Waals surface area contributed by atoms with Gasteiger partial charge in [0.1, 0.15) is 5.82 Å². The number of carbonyl (C=O) groups is 1. The third-order valence-corrected chi connectivity index (χ3v) is 2.99. The molecule has 2 heterocycles. The van der Waals surface area contributed by atoms with Crippen molar-refractivity contribution >= 4 is 21.7 Å². The molecule has 0 saturated carbocycles. The van der Waals surface area contributed by atoms with Crippen LogP contribution in [0.3, 0.4) is 0 Å². The maximum Gasteiger partial charge on any atom is 0.179 e. The number of furan rings is 1. The smallest absolute Gasteiger partial charge is 0.179 e. The third-order valence-electron chi connectivity index (χ3n) is 2.38. The van der Waals surface area contributed by atoms with Gasteiger partial charge in [-0.2, -0.15) is 0 Å². The van der Waals surface area contributed by atoms with Gasteiger partial charge in [-0.1, -0.05) is 0 Å². The standard InChI is InChI=1S/C11H11BrN2O2/c1-2-14-5-4-13-10(14)7-9(15)8-3-6-16-11(8)12/h3-6H,2,7H2,1H3. The number of ketones is 1. The summed E-state index contributed by atoms with van der Waals surface area (Å²) in [6.45, 7) is 2.83. The number of hydrogen-bond acceptors (Lipinski definition) is 3. The third kappa shape index (κ3) is 2.09. The Morgan fingerprint density at radius 3 is 3.06 bits per heavy atom. The summed E-state index contributed by atoms with van der Waals surface area (Å²) in [5, 5.41) is 0. The Morgan fingerprint density at radius 2 is 2.44 bits per heavy atom. The van der Waals surface area contributed by atoms with Crippen LogP contribution in [-0.2, 0) is 13.0 Å². The van der Waals surface area contributed by atoms with Crippen LogP contribution < -0.4 is 0 Å². The Morgan fingerprint density at radius 1 is 1.62 bits per heavy atom. The second-order valence-electron chi connectivity index (χ2n) is 3.34. The van der Waals surface area contributed by atoms with E-state index < -0.39 is 0 Å². The largest absolute Gasteiger partial charge is 0.457 e. The van der Waals surface area contributed by atoms with Crippen LogP contribution >= 0.6 is 15.9 Å². The minimum absolute atomic E-state index is 0.00141. The maximum absolute atomic E-state index is 11.9. The first-order valence-corrected chi connectivity index (χ1v) is 5.78. The summed E-state index contributed by atoms with van der Waals surface area (Å²) >= 11 is 3.19. The van der Waals surface area contributed by atoms with Crippen molar-refractivity contribution in [3.63, 3.8) is 0 Å². The Balaban J connectivity index is 2.17. The average molecular weight is 283 g/mol. The highest BCUT2D eigenvalue weighted by molar-refractivity contribution is 9.10. The zero-order chi connectivity index (χ0) is 11.5. The zero-order valence-corrected chi connectivity index (χ0v) is 10.4. The first-order chi connectivity index (χ1) is 7.72. The number of hydrogen-bond donors (Lipinski definition) is 0. The van der Waals surface area contributed by atoms with Gasteiger partial charge in [-0.05, 0) is 28.9 Å². The van der Waals surface area contributed by atoms with Crippen molar-refractivity contribution in [2.45, 2.75) is 19.9 Å². The lowest BCUT2D eigenvalue weighted by atomic mass is 10.1. The molecular weight excluding hydrogens is 272 g/mol. The lowest BCUT2D eigenvalue weighted by Crippen LogP contribution is -2.09. The molecule has 4 nitrogen and oxygen atoms in total. The van der Waals surface area contributed by atoms with Crippen molar-refractivity contribution in [3.8, 4) is 0 Å². The molecule has 0 fully saturated rings. The average Bonchev–Trinajstić information content (AvgIpc) is 2.86. The summed E-state index contributed by atoms with van der Waals surface area (Å²) in [7, 11) is 0. The second-order valence-corrected chi connectivity index (χ2v) is 4.06. The van der Waals surface area contributed by atoms with Gasteiger partial charge in [-0.3, -0.25) is 4.79 Å². The first-order valence-electron chi connectivity index (χ1n) is 4.98. The number of aryl methyl sites for hydroxylation is 1. The van der Waals surface area contributed by atoms with Crippen LogP contribution in [0, 0.1) is 0 Å². The molecule has 0 aliphatic rings. The predicted molar refractivity (Wildman–Crippen MR) is 62.3 cm³/mol. The fourth-order valence-electron chi connectivity index (χ4n) is 1.53. The molecule has 5 heteroatoms. The minimum atomic E-state index is 0.00141. The van der Waals surface area contributed by atoms with E-state index in [2.05, 4.69) is 20.9 Å². The number of imidazole rings is 1. The molecule has 16 heavy (non-hydrogen) atoms. The normalized spacial score (nSPS) is 10.6. The monoisotopic (exact) mass is 282 g/mol. The Hall–Kier alpha value is -1.36. The van der Waals surface area contributed by atoms with Crippen molar-refractivity contribution in [2.75, 3.05) is 0 Å². The van der Waals surface area contributed by atoms with Crippen LogP contribution in [0.1, 0.15) is 23.1 Å². The predicted octanol–water partition coefficient (Wildman–Crippen LogP) is 2.68. The highest BCUT2D eigenvalue weighted by Crippen LogP contribution is 2.19. The molecule has 0 aromatic carbocycles. The van der Waals surface area contributed by atoms with Crippen molar-refractivity contribution < 1.29 is 9.21 Å². The summed E-state index contributed by atoms with van der Waals surface area (Å²) in [6, 6.07) is 1.66. The van der Waals surface area contributed by atoms with Gasteiger partial charge in [0.25, 0.3) is 0 Å². The van der Waals surface area contributed by atoms with Crippen LogP contribution in [0.4, 0.5) is 0 Å². The lowest BCUT2D eigenvalue weighted by Gasteiger charge is -2.02. The quantitative estimate of drug-likeness (QED) is 0.810. The maximum atomic E-state index is 11.9. The van der Waals surface area contributed by atoms with E-state index in [0.29, 0.717) is 16.7 Å². The number of nitrogens with zero attached hydrogens (tertiary/aromatic N) is 2. The molecule has 0 bridgehead atoms. The first kappa shape index (κ1) is 11.1. The van der Waals surface area contributed by atoms with Gasteiger partial charge < -0.3 is 8.98 Å². The number of rotatable bonds is 4. The number of halogens is 1. The van der Waals surface area contributed by atoms with E-state index in [1.54, 1.807) is 12.3 Å². The van der Waals surface area contributed by atoms with Gasteiger partial charge in [0.15, 0.2) is 10.5 Å². The molecule has 0 atom stereocenters. The highest BCUT2D eigenvalue weighted by atomic mass is 79.9. The minimum Gasteiger partial charge on any atom is -0.457 e. The molecule has 0 radical (unpaired) electrons. The molecule has 0 aliphatic heterocycles. The molecule has 0 N–H and O–H groups in total. The summed E-state index contributed by atoms with van der Waals surface area (Å²) in [6.07, 6.45) is 5.35. The van der Waals surface area contributed by atoms with E-state index in [4.69, 9.17) is 4.42 Å². The van der Waals surface area contributed by atoms with Crippen LogP contribution in [-0.4, -0.2) is 15.3 Å². The fourth-order valence-corrected chi connectivity index (χ4v) is 1.99. The molecule has 2 rings (SSSR count). The Labute approximate surface area is 101 Å². The van der Waals surface area contributed by atoms with Crippen LogP contribution in [0.5, 0.6) is 0 Å². The van der Waals surface area contributed by atoms with Crippen molar-refractivity contribution in [1.82, 2.24) is 9.55 Å². The van der Waals surface area contributed by atoms with Gasteiger partial charge in [-0.15, -0.1) is 0 Å².